The number of ether oxygens (including phenoxy) is 1. The first-order valence-corrected chi connectivity index (χ1v) is 9.29. The molecule has 27 heavy (non-hydrogen) atoms. The van der Waals surface area contributed by atoms with Gasteiger partial charge in [0.05, 0.1) is 10.2 Å². The van der Waals surface area contributed by atoms with Gasteiger partial charge in [-0.25, -0.2) is 14.6 Å². The van der Waals surface area contributed by atoms with Crippen LogP contribution in [0, 0.1) is 0 Å². The molecule has 1 aromatic carbocycles. The van der Waals surface area contributed by atoms with Crippen molar-refractivity contribution >= 4 is 33.6 Å². The van der Waals surface area contributed by atoms with Crippen molar-refractivity contribution in [2.24, 2.45) is 0 Å². The van der Waals surface area contributed by atoms with Crippen LogP contribution in [0.3, 0.4) is 0 Å². The van der Waals surface area contributed by atoms with Gasteiger partial charge in [0, 0.05) is 18.3 Å². The maximum atomic E-state index is 12.0. The molecule has 2 N–H and O–H groups in total. The molecule has 8 heteroatoms. The molecule has 3 rings (SSSR count). The maximum absolute atomic E-state index is 12.0. The van der Waals surface area contributed by atoms with E-state index in [1.54, 1.807) is 20.8 Å². The molecule has 0 aliphatic carbocycles. The van der Waals surface area contributed by atoms with E-state index in [2.05, 4.69) is 10.3 Å². The molecule has 2 heterocycles. The highest BCUT2D eigenvalue weighted by Gasteiger charge is 2.25. The summed E-state index contributed by atoms with van der Waals surface area (Å²) in [5.41, 5.74) is 0.922. The molecule has 3 aromatic rings. The summed E-state index contributed by atoms with van der Waals surface area (Å²) in [5, 5.41) is 12.7. The third-order valence-corrected chi connectivity index (χ3v) is 4.76. The molecule has 2 aromatic heterocycles. The number of carboxylic acid groups (broad SMARTS) is 1. The second-order valence-electron chi connectivity index (χ2n) is 7.07. The molecule has 142 valence electrons. The largest absolute Gasteiger partial charge is 0.480 e. The molecule has 0 aliphatic heterocycles. The average molecular weight is 387 g/mol. The number of hydrogen-bond acceptors (Lipinski definition) is 5. The Hall–Kier alpha value is -2.87. The van der Waals surface area contributed by atoms with Crippen molar-refractivity contribution in [3.63, 3.8) is 0 Å². The summed E-state index contributed by atoms with van der Waals surface area (Å²) in [6.45, 7) is 5.17. The first-order valence-electron chi connectivity index (χ1n) is 8.47. The highest BCUT2D eigenvalue weighted by molar-refractivity contribution is 7.20. The Balaban J connectivity index is 1.81. The Labute approximate surface area is 160 Å². The summed E-state index contributed by atoms with van der Waals surface area (Å²) < 4.78 is 8.06. The second kappa shape index (κ2) is 7.40. The average Bonchev–Trinajstić information content (AvgIpc) is 3.17. The van der Waals surface area contributed by atoms with Crippen molar-refractivity contribution in [2.75, 3.05) is 0 Å². The number of aliphatic carboxylic acids is 1. The van der Waals surface area contributed by atoms with Crippen LogP contribution < -0.4 is 5.32 Å². The predicted molar refractivity (Wildman–Crippen MR) is 103 cm³/mol. The minimum Gasteiger partial charge on any atom is -0.480 e. The Bertz CT molecular complexity index is 938. The van der Waals surface area contributed by atoms with Crippen molar-refractivity contribution in [3.8, 4) is 5.13 Å². The molecular formula is C19H21N3O4S. The minimum absolute atomic E-state index is 0.109. The molecule has 0 radical (unpaired) electrons. The SMILES string of the molecule is CC(C)(C)OC(=O)NC(Cc1cccn1-c1nc2ccccc2s1)C(=O)O. The first-order chi connectivity index (χ1) is 12.7. The molecule has 1 amide bonds. The number of alkyl carbamates (subject to hydrolysis) is 1. The van der Waals surface area contributed by atoms with Crippen molar-refractivity contribution in [1.29, 1.82) is 0 Å². The fraction of sp³-hybridized carbons (Fsp3) is 0.316. The van der Waals surface area contributed by atoms with Crippen molar-refractivity contribution < 1.29 is 19.4 Å². The minimum atomic E-state index is -1.13. The summed E-state index contributed by atoms with van der Waals surface area (Å²) in [6.07, 6.45) is 1.18. The van der Waals surface area contributed by atoms with Crippen LogP contribution in [0.4, 0.5) is 4.79 Å². The van der Waals surface area contributed by atoms with E-state index in [0.29, 0.717) is 0 Å². The number of carbonyl (C=O) groups is 2. The van der Waals surface area contributed by atoms with Crippen LogP contribution in [0.15, 0.2) is 42.6 Å². The van der Waals surface area contributed by atoms with E-state index in [1.165, 1.54) is 11.3 Å². The maximum Gasteiger partial charge on any atom is 0.408 e. The lowest BCUT2D eigenvalue weighted by molar-refractivity contribution is -0.139. The fourth-order valence-corrected chi connectivity index (χ4v) is 3.57. The van der Waals surface area contributed by atoms with E-state index in [-0.39, 0.29) is 6.42 Å². The molecule has 0 spiro atoms. The highest BCUT2D eigenvalue weighted by atomic mass is 32.1. The summed E-state index contributed by atoms with van der Waals surface area (Å²) in [5.74, 6) is -1.13. The first kappa shape index (κ1) is 18.9. The molecule has 0 aliphatic rings. The standard InChI is InChI=1S/C19H21N3O4S/c1-19(2,3)26-18(25)21-14(16(23)24)11-12-7-6-10-22(12)17-20-13-8-4-5-9-15(13)27-17/h4-10,14H,11H2,1-3H3,(H,21,25)(H,23,24). The third kappa shape index (κ3) is 4.65. The number of aromatic nitrogens is 2. The van der Waals surface area contributed by atoms with E-state index >= 15 is 0 Å². The lowest BCUT2D eigenvalue weighted by Crippen LogP contribution is -2.44. The molecule has 0 saturated carbocycles. The Morgan fingerprint density at radius 3 is 2.67 bits per heavy atom. The van der Waals surface area contributed by atoms with Crippen molar-refractivity contribution in [1.82, 2.24) is 14.9 Å². The van der Waals surface area contributed by atoms with Gasteiger partial charge < -0.3 is 15.2 Å². The van der Waals surface area contributed by atoms with Crippen LogP contribution in [0.1, 0.15) is 26.5 Å². The van der Waals surface area contributed by atoms with Crippen LogP contribution in [0.2, 0.25) is 0 Å². The van der Waals surface area contributed by atoms with E-state index < -0.39 is 23.7 Å². The number of fused-ring (bicyclic) bond motifs is 1. The lowest BCUT2D eigenvalue weighted by atomic mass is 10.1. The number of nitrogens with one attached hydrogen (secondary N) is 1. The Kier molecular flexibility index (Phi) is 5.18. The zero-order valence-corrected chi connectivity index (χ0v) is 16.1. The lowest BCUT2D eigenvalue weighted by Gasteiger charge is -2.22. The Morgan fingerprint density at radius 1 is 1.26 bits per heavy atom. The predicted octanol–water partition coefficient (Wildman–Crippen LogP) is 3.61. The quantitative estimate of drug-likeness (QED) is 0.698. The van der Waals surface area contributed by atoms with Crippen molar-refractivity contribution in [3.05, 3.63) is 48.3 Å². The van der Waals surface area contributed by atoms with Crippen LogP contribution in [0.25, 0.3) is 15.3 Å². The van der Waals surface area contributed by atoms with E-state index in [9.17, 15) is 14.7 Å². The molecule has 0 saturated heterocycles. The van der Waals surface area contributed by atoms with Gasteiger partial charge in [-0.1, -0.05) is 23.5 Å². The zero-order valence-electron chi connectivity index (χ0n) is 15.3. The van der Waals surface area contributed by atoms with Crippen LogP contribution >= 0.6 is 11.3 Å². The monoisotopic (exact) mass is 387 g/mol. The highest BCUT2D eigenvalue weighted by Crippen LogP contribution is 2.26. The van der Waals surface area contributed by atoms with Gasteiger partial charge in [-0.2, -0.15) is 0 Å². The number of thiazole rings is 1. The van der Waals surface area contributed by atoms with Gasteiger partial charge in [-0.15, -0.1) is 0 Å². The van der Waals surface area contributed by atoms with E-state index in [1.807, 2.05) is 47.2 Å². The van der Waals surface area contributed by atoms with Gasteiger partial charge >= 0.3 is 12.1 Å². The third-order valence-electron chi connectivity index (χ3n) is 3.72. The number of carboxylic acids is 1. The molecule has 0 fully saturated rings. The smallest absolute Gasteiger partial charge is 0.408 e. The van der Waals surface area contributed by atoms with Crippen molar-refractivity contribution in [2.45, 2.75) is 38.8 Å². The number of benzene rings is 1. The Morgan fingerprint density at radius 2 is 2.00 bits per heavy atom. The molecule has 0 bridgehead atoms. The van der Waals surface area contributed by atoms with Crippen LogP contribution in [-0.2, 0) is 16.0 Å². The molecule has 7 nitrogen and oxygen atoms in total. The topological polar surface area (TPSA) is 93.5 Å². The van der Waals surface area contributed by atoms with E-state index in [4.69, 9.17) is 4.74 Å². The van der Waals surface area contributed by atoms with Gasteiger partial charge in [0.1, 0.15) is 11.6 Å². The normalized spacial score (nSPS) is 12.7. The molecular weight excluding hydrogens is 366 g/mol. The summed E-state index contributed by atoms with van der Waals surface area (Å²) in [4.78, 5) is 28.2. The zero-order chi connectivity index (χ0) is 19.6. The molecule has 1 atom stereocenters. The summed E-state index contributed by atoms with van der Waals surface area (Å²) >= 11 is 1.52. The van der Waals surface area contributed by atoms with Gasteiger partial charge in [-0.3, -0.25) is 4.57 Å². The number of amides is 1. The number of hydrogen-bond donors (Lipinski definition) is 2. The van der Waals surface area contributed by atoms with E-state index in [0.717, 1.165) is 21.0 Å². The summed E-state index contributed by atoms with van der Waals surface area (Å²) in [6, 6.07) is 10.3. The van der Waals surface area contributed by atoms with Gasteiger partial charge in [-0.05, 0) is 45.0 Å². The van der Waals surface area contributed by atoms with Gasteiger partial charge in [0.15, 0.2) is 5.13 Å². The number of nitrogens with zero attached hydrogens (tertiary/aromatic N) is 2. The summed E-state index contributed by atoms with van der Waals surface area (Å²) in [7, 11) is 0. The van der Waals surface area contributed by atoms with Crippen LogP contribution in [0.5, 0.6) is 0 Å². The van der Waals surface area contributed by atoms with Gasteiger partial charge in [0.25, 0.3) is 0 Å². The van der Waals surface area contributed by atoms with Gasteiger partial charge in [0.2, 0.25) is 0 Å². The number of rotatable bonds is 5. The number of para-hydroxylation sites is 1. The second-order valence-corrected chi connectivity index (χ2v) is 8.08. The number of carbonyl (C=O) groups excluding carboxylic acids is 1. The van der Waals surface area contributed by atoms with Crippen LogP contribution in [-0.4, -0.2) is 38.4 Å². The molecule has 1 unspecified atom stereocenters. The fourth-order valence-electron chi connectivity index (χ4n) is 2.59.